The van der Waals surface area contributed by atoms with Gasteiger partial charge in [0.25, 0.3) is 0 Å². The van der Waals surface area contributed by atoms with Crippen molar-refractivity contribution in [3.63, 3.8) is 0 Å². The van der Waals surface area contributed by atoms with Crippen molar-refractivity contribution in [2.45, 2.75) is 6.92 Å². The first-order valence-corrected chi connectivity index (χ1v) is 6.70. The van der Waals surface area contributed by atoms with Crippen molar-refractivity contribution in [1.29, 1.82) is 0 Å². The van der Waals surface area contributed by atoms with Gasteiger partial charge in [0, 0.05) is 17.4 Å². The highest BCUT2D eigenvalue weighted by Gasteiger charge is 2.17. The van der Waals surface area contributed by atoms with Crippen LogP contribution in [0.25, 0.3) is 0 Å². The molecule has 2 aromatic rings. The van der Waals surface area contributed by atoms with Crippen molar-refractivity contribution < 1.29 is 19.1 Å². The standard InChI is InChI=1S/C16H14N2O4/c1-10-3-2-4-11(7-10)17-15(19)16(20)18-12-5-6-13-14(8-12)22-9-21-13/h2-8H,9H2,1H3,(H,17,19)(H,18,20). The third-order valence-electron chi connectivity index (χ3n) is 3.11. The number of nitrogens with one attached hydrogen (secondary N) is 2. The van der Waals surface area contributed by atoms with E-state index in [9.17, 15) is 9.59 Å². The molecule has 0 saturated carbocycles. The number of amides is 2. The predicted octanol–water partition coefficient (Wildman–Crippen LogP) is 2.30. The minimum atomic E-state index is -0.750. The second-order valence-electron chi connectivity index (χ2n) is 4.85. The Bertz CT molecular complexity index is 743. The van der Waals surface area contributed by atoms with Gasteiger partial charge in [-0.2, -0.15) is 0 Å². The maximum absolute atomic E-state index is 11.9. The average Bonchev–Trinajstić information content (AvgIpc) is 2.94. The fraction of sp³-hybridized carbons (Fsp3) is 0.125. The van der Waals surface area contributed by atoms with Crippen LogP contribution < -0.4 is 20.1 Å². The van der Waals surface area contributed by atoms with E-state index in [1.54, 1.807) is 36.4 Å². The highest BCUT2D eigenvalue weighted by molar-refractivity contribution is 6.43. The van der Waals surface area contributed by atoms with Gasteiger partial charge in [0.2, 0.25) is 6.79 Å². The number of ether oxygens (including phenoxy) is 2. The van der Waals surface area contributed by atoms with Crippen LogP contribution in [0.3, 0.4) is 0 Å². The maximum Gasteiger partial charge on any atom is 0.314 e. The number of benzene rings is 2. The third-order valence-corrected chi connectivity index (χ3v) is 3.11. The summed E-state index contributed by atoms with van der Waals surface area (Å²) >= 11 is 0. The molecule has 6 nitrogen and oxygen atoms in total. The van der Waals surface area contributed by atoms with Crippen molar-refractivity contribution in [2.75, 3.05) is 17.4 Å². The smallest absolute Gasteiger partial charge is 0.314 e. The second kappa shape index (κ2) is 5.77. The molecule has 0 aromatic heterocycles. The molecule has 2 aromatic carbocycles. The summed E-state index contributed by atoms with van der Waals surface area (Å²) in [4.78, 5) is 23.8. The third kappa shape index (κ3) is 3.01. The molecular weight excluding hydrogens is 284 g/mol. The zero-order valence-electron chi connectivity index (χ0n) is 11.9. The lowest BCUT2D eigenvalue weighted by Gasteiger charge is -2.07. The summed E-state index contributed by atoms with van der Waals surface area (Å²) in [7, 11) is 0. The first kappa shape index (κ1) is 13.9. The first-order valence-electron chi connectivity index (χ1n) is 6.70. The molecule has 6 heteroatoms. The number of hydrogen-bond donors (Lipinski definition) is 2. The largest absolute Gasteiger partial charge is 0.454 e. The van der Waals surface area contributed by atoms with Gasteiger partial charge >= 0.3 is 11.8 Å². The minimum Gasteiger partial charge on any atom is -0.454 e. The van der Waals surface area contributed by atoms with E-state index >= 15 is 0 Å². The fourth-order valence-electron chi connectivity index (χ4n) is 2.07. The number of carbonyl (C=O) groups excluding carboxylic acids is 2. The van der Waals surface area contributed by atoms with Crippen LogP contribution in [0.2, 0.25) is 0 Å². The number of fused-ring (bicyclic) bond motifs is 1. The van der Waals surface area contributed by atoms with Crippen molar-refractivity contribution in [2.24, 2.45) is 0 Å². The summed E-state index contributed by atoms with van der Waals surface area (Å²) in [5, 5.41) is 5.07. The van der Waals surface area contributed by atoms with Gasteiger partial charge < -0.3 is 20.1 Å². The first-order chi connectivity index (χ1) is 10.6. The highest BCUT2D eigenvalue weighted by atomic mass is 16.7. The minimum absolute atomic E-state index is 0.153. The van der Waals surface area contributed by atoms with Crippen molar-refractivity contribution in [3.05, 3.63) is 48.0 Å². The van der Waals surface area contributed by atoms with E-state index in [1.165, 1.54) is 0 Å². The van der Waals surface area contributed by atoms with E-state index in [1.807, 2.05) is 13.0 Å². The molecule has 1 aliphatic heterocycles. The van der Waals surface area contributed by atoms with Gasteiger partial charge in [0.1, 0.15) is 0 Å². The number of aryl methyl sites for hydroxylation is 1. The van der Waals surface area contributed by atoms with Crippen molar-refractivity contribution >= 4 is 23.2 Å². The lowest BCUT2D eigenvalue weighted by Crippen LogP contribution is -2.29. The van der Waals surface area contributed by atoms with Crippen LogP contribution in [0.4, 0.5) is 11.4 Å². The van der Waals surface area contributed by atoms with Gasteiger partial charge in [0.05, 0.1) is 0 Å². The topological polar surface area (TPSA) is 76.7 Å². The Morgan fingerprint density at radius 2 is 1.59 bits per heavy atom. The zero-order valence-corrected chi connectivity index (χ0v) is 11.9. The molecule has 22 heavy (non-hydrogen) atoms. The highest BCUT2D eigenvalue weighted by Crippen LogP contribution is 2.34. The van der Waals surface area contributed by atoms with Crippen LogP contribution in [0.5, 0.6) is 11.5 Å². The number of hydrogen-bond acceptors (Lipinski definition) is 4. The van der Waals surface area contributed by atoms with Gasteiger partial charge in [0.15, 0.2) is 11.5 Å². The molecule has 3 rings (SSSR count). The molecule has 1 aliphatic rings. The van der Waals surface area contributed by atoms with Gasteiger partial charge in [-0.3, -0.25) is 9.59 Å². The predicted molar refractivity (Wildman–Crippen MR) is 81.0 cm³/mol. The SMILES string of the molecule is Cc1cccc(NC(=O)C(=O)Nc2ccc3c(c2)OCO3)c1. The molecule has 0 fully saturated rings. The zero-order chi connectivity index (χ0) is 15.5. The van der Waals surface area contributed by atoms with E-state index in [-0.39, 0.29) is 6.79 Å². The van der Waals surface area contributed by atoms with E-state index in [4.69, 9.17) is 9.47 Å². The summed E-state index contributed by atoms with van der Waals surface area (Å²) in [6.07, 6.45) is 0. The van der Waals surface area contributed by atoms with Crippen molar-refractivity contribution in [3.8, 4) is 11.5 Å². The Morgan fingerprint density at radius 1 is 0.909 bits per heavy atom. The lowest BCUT2D eigenvalue weighted by molar-refractivity contribution is -0.132. The molecular formula is C16H14N2O4. The summed E-state index contributed by atoms with van der Waals surface area (Å²) in [5.74, 6) is -0.331. The van der Waals surface area contributed by atoms with Crippen LogP contribution in [-0.4, -0.2) is 18.6 Å². The quantitative estimate of drug-likeness (QED) is 0.834. The van der Waals surface area contributed by atoms with Crippen LogP contribution in [0.15, 0.2) is 42.5 Å². The summed E-state index contributed by atoms with van der Waals surface area (Å²) in [6, 6.07) is 12.1. The van der Waals surface area contributed by atoms with Crippen molar-refractivity contribution in [1.82, 2.24) is 0 Å². The molecule has 0 bridgehead atoms. The molecule has 0 spiro atoms. The van der Waals surface area contributed by atoms with Gasteiger partial charge in [-0.25, -0.2) is 0 Å². The van der Waals surface area contributed by atoms with E-state index in [0.29, 0.717) is 22.9 Å². The van der Waals surface area contributed by atoms with Gasteiger partial charge in [-0.1, -0.05) is 12.1 Å². The molecule has 0 atom stereocenters. The Labute approximate surface area is 127 Å². The molecule has 0 saturated heterocycles. The normalized spacial score (nSPS) is 11.9. The van der Waals surface area contributed by atoms with Gasteiger partial charge in [-0.15, -0.1) is 0 Å². The van der Waals surface area contributed by atoms with E-state index in [2.05, 4.69) is 10.6 Å². The number of rotatable bonds is 2. The average molecular weight is 298 g/mol. The van der Waals surface area contributed by atoms with Crippen LogP contribution in [0, 0.1) is 6.92 Å². The van der Waals surface area contributed by atoms with Crippen LogP contribution in [-0.2, 0) is 9.59 Å². The summed E-state index contributed by atoms with van der Waals surface area (Å²) in [5.41, 5.74) is 2.04. The molecule has 2 N–H and O–H groups in total. The molecule has 2 amide bonds. The molecule has 112 valence electrons. The summed E-state index contributed by atoms with van der Waals surface area (Å²) < 4.78 is 10.4. The number of carbonyl (C=O) groups is 2. The van der Waals surface area contributed by atoms with Crippen LogP contribution >= 0.6 is 0 Å². The van der Waals surface area contributed by atoms with Crippen LogP contribution in [0.1, 0.15) is 5.56 Å². The fourth-order valence-corrected chi connectivity index (χ4v) is 2.07. The monoisotopic (exact) mass is 298 g/mol. The molecule has 0 aliphatic carbocycles. The van der Waals surface area contributed by atoms with Gasteiger partial charge in [-0.05, 0) is 36.8 Å². The Hall–Kier alpha value is -3.02. The Kier molecular flexibility index (Phi) is 3.65. The van der Waals surface area contributed by atoms with E-state index in [0.717, 1.165) is 5.56 Å². The Balaban J connectivity index is 1.65. The molecule has 0 unspecified atom stereocenters. The second-order valence-corrected chi connectivity index (χ2v) is 4.85. The van der Waals surface area contributed by atoms with E-state index < -0.39 is 11.8 Å². The maximum atomic E-state index is 11.9. The Morgan fingerprint density at radius 3 is 2.32 bits per heavy atom. The molecule has 1 heterocycles. The molecule has 0 radical (unpaired) electrons. The lowest BCUT2D eigenvalue weighted by atomic mass is 10.2. The summed E-state index contributed by atoms with van der Waals surface area (Å²) in [6.45, 7) is 2.06. The number of anilines is 2.